The van der Waals surface area contributed by atoms with E-state index in [1.54, 1.807) is 0 Å². The van der Waals surface area contributed by atoms with Gasteiger partial charge in [-0.05, 0) is 62.7 Å². The van der Waals surface area contributed by atoms with Gasteiger partial charge in [0.25, 0.3) is 11.8 Å². The molecule has 0 aliphatic carbocycles. The molecule has 42 heavy (non-hydrogen) atoms. The zero-order chi connectivity index (χ0) is 30.0. The number of amides is 3. The Bertz CT molecular complexity index is 1520. The SMILES string of the molecule is COc1ccc(-c2cnc(C(=O)Nc3ccc(C(=O)NC4CCN(C(=O)C5CCNCC5)C4)c(Cl)c3)n2C)c(F)c1F. The second-order valence-electron chi connectivity index (χ2n) is 10.4. The number of hydrogen-bond donors (Lipinski definition) is 3. The van der Waals surface area contributed by atoms with Gasteiger partial charge in [0, 0.05) is 43.3 Å². The Morgan fingerprint density at radius 3 is 2.55 bits per heavy atom. The Morgan fingerprint density at radius 1 is 1.07 bits per heavy atom. The number of carbonyl (C=O) groups is 3. The molecule has 5 rings (SSSR count). The van der Waals surface area contributed by atoms with Gasteiger partial charge in [0.15, 0.2) is 17.4 Å². The molecule has 0 radical (unpaired) electrons. The molecule has 3 heterocycles. The van der Waals surface area contributed by atoms with Gasteiger partial charge < -0.3 is 30.2 Å². The predicted octanol–water partition coefficient (Wildman–Crippen LogP) is 3.61. The standard InChI is InChI=1S/C29H31ClF2N6O4/c1-37-22(20-5-6-23(42-2)25(32)24(20)31)14-34-26(37)28(40)35-17-3-4-19(21(30)13-17)27(39)36-18-9-12-38(15-18)29(41)16-7-10-33-11-8-16/h3-6,13-14,16,18,33H,7-12,15H2,1-2H3,(H,35,40)(H,36,39). The molecule has 3 amide bonds. The summed E-state index contributed by atoms with van der Waals surface area (Å²) in [4.78, 5) is 44.6. The van der Waals surface area contributed by atoms with E-state index in [4.69, 9.17) is 16.3 Å². The molecule has 3 N–H and O–H groups in total. The van der Waals surface area contributed by atoms with Crippen molar-refractivity contribution in [3.63, 3.8) is 0 Å². The van der Waals surface area contributed by atoms with E-state index in [1.165, 1.54) is 55.3 Å². The Hall–Kier alpha value is -4.03. The summed E-state index contributed by atoms with van der Waals surface area (Å²) in [5.41, 5.74) is 0.649. The van der Waals surface area contributed by atoms with Gasteiger partial charge in [-0.15, -0.1) is 0 Å². The van der Waals surface area contributed by atoms with Crippen LogP contribution in [0.1, 0.15) is 40.2 Å². The molecule has 0 spiro atoms. The van der Waals surface area contributed by atoms with Crippen LogP contribution in [0.15, 0.2) is 36.5 Å². The quantitative estimate of drug-likeness (QED) is 0.381. The van der Waals surface area contributed by atoms with Crippen LogP contribution < -0.4 is 20.7 Å². The Kier molecular flexibility index (Phi) is 8.74. The van der Waals surface area contributed by atoms with Crippen LogP contribution in [-0.4, -0.2) is 71.5 Å². The lowest BCUT2D eigenvalue weighted by Crippen LogP contribution is -2.42. The molecule has 2 aliphatic heterocycles. The maximum Gasteiger partial charge on any atom is 0.291 e. The van der Waals surface area contributed by atoms with E-state index in [-0.39, 0.29) is 57.2 Å². The highest BCUT2D eigenvalue weighted by atomic mass is 35.5. The average Bonchev–Trinajstić information content (AvgIpc) is 3.61. The Labute approximate surface area is 246 Å². The molecular formula is C29H31ClF2N6O4. The van der Waals surface area contributed by atoms with E-state index in [2.05, 4.69) is 20.9 Å². The topological polar surface area (TPSA) is 118 Å². The van der Waals surface area contributed by atoms with E-state index in [1.807, 2.05) is 4.90 Å². The highest BCUT2D eigenvalue weighted by Gasteiger charge is 2.32. The van der Waals surface area contributed by atoms with Crippen LogP contribution in [0.25, 0.3) is 11.3 Å². The number of halogens is 3. The molecule has 3 aromatic rings. The van der Waals surface area contributed by atoms with Gasteiger partial charge in [-0.2, -0.15) is 4.39 Å². The number of piperidine rings is 1. The number of carbonyl (C=O) groups excluding carboxylic acids is 3. The normalized spacial score (nSPS) is 17.3. The minimum Gasteiger partial charge on any atom is -0.494 e. The lowest BCUT2D eigenvalue weighted by molar-refractivity contribution is -0.135. The summed E-state index contributed by atoms with van der Waals surface area (Å²) in [6, 6.07) is 6.92. The maximum atomic E-state index is 14.6. The van der Waals surface area contributed by atoms with Crippen molar-refractivity contribution in [2.45, 2.75) is 25.3 Å². The number of aromatic nitrogens is 2. The largest absolute Gasteiger partial charge is 0.494 e. The molecule has 2 aromatic carbocycles. The summed E-state index contributed by atoms with van der Waals surface area (Å²) in [5, 5.41) is 9.01. The fourth-order valence-electron chi connectivity index (χ4n) is 5.39. The molecule has 10 nitrogen and oxygen atoms in total. The third kappa shape index (κ3) is 5.95. The maximum absolute atomic E-state index is 14.6. The minimum atomic E-state index is -1.14. The molecule has 0 saturated carbocycles. The van der Waals surface area contributed by atoms with Crippen LogP contribution in [0.4, 0.5) is 14.5 Å². The van der Waals surface area contributed by atoms with Crippen molar-refractivity contribution in [2.75, 3.05) is 38.6 Å². The van der Waals surface area contributed by atoms with Gasteiger partial charge in [0.05, 0.1) is 29.6 Å². The summed E-state index contributed by atoms with van der Waals surface area (Å²) in [5.74, 6) is -3.37. The lowest BCUT2D eigenvalue weighted by Gasteiger charge is -2.26. The van der Waals surface area contributed by atoms with Crippen molar-refractivity contribution in [1.82, 2.24) is 25.1 Å². The summed E-state index contributed by atoms with van der Waals surface area (Å²) in [6.07, 6.45) is 3.58. The number of rotatable bonds is 7. The van der Waals surface area contributed by atoms with Gasteiger partial charge in [0.1, 0.15) is 0 Å². The second kappa shape index (κ2) is 12.5. The smallest absolute Gasteiger partial charge is 0.291 e. The zero-order valence-electron chi connectivity index (χ0n) is 23.2. The van der Waals surface area contributed by atoms with Crippen molar-refractivity contribution in [2.24, 2.45) is 13.0 Å². The molecule has 2 fully saturated rings. The van der Waals surface area contributed by atoms with Gasteiger partial charge in [-0.1, -0.05) is 11.6 Å². The van der Waals surface area contributed by atoms with Crippen LogP contribution in [-0.2, 0) is 11.8 Å². The third-order valence-electron chi connectivity index (χ3n) is 7.73. The molecular weight excluding hydrogens is 570 g/mol. The Balaban J connectivity index is 1.21. The number of likely N-dealkylation sites (tertiary alicyclic amines) is 1. The molecule has 0 bridgehead atoms. The molecule has 1 atom stereocenters. The van der Waals surface area contributed by atoms with Crippen LogP contribution in [0.2, 0.25) is 5.02 Å². The van der Waals surface area contributed by atoms with Crippen molar-refractivity contribution >= 4 is 35.0 Å². The first-order valence-electron chi connectivity index (χ1n) is 13.6. The lowest BCUT2D eigenvalue weighted by atomic mass is 9.97. The van der Waals surface area contributed by atoms with E-state index < -0.39 is 17.5 Å². The Morgan fingerprint density at radius 2 is 1.83 bits per heavy atom. The first-order chi connectivity index (χ1) is 20.2. The van der Waals surface area contributed by atoms with Gasteiger partial charge in [-0.25, -0.2) is 9.37 Å². The number of nitrogens with one attached hydrogen (secondary N) is 3. The highest BCUT2D eigenvalue weighted by Crippen LogP contribution is 2.30. The molecule has 222 valence electrons. The van der Waals surface area contributed by atoms with Crippen molar-refractivity contribution in [3.05, 3.63) is 64.6 Å². The average molecular weight is 601 g/mol. The summed E-state index contributed by atoms with van der Waals surface area (Å²) in [7, 11) is 2.74. The third-order valence-corrected chi connectivity index (χ3v) is 8.04. The first kappa shape index (κ1) is 29.5. The van der Waals surface area contributed by atoms with Gasteiger partial charge in [0.2, 0.25) is 11.7 Å². The van der Waals surface area contributed by atoms with Crippen LogP contribution in [0.5, 0.6) is 5.75 Å². The van der Waals surface area contributed by atoms with Crippen LogP contribution in [0.3, 0.4) is 0 Å². The van der Waals surface area contributed by atoms with E-state index in [9.17, 15) is 23.2 Å². The van der Waals surface area contributed by atoms with Gasteiger partial charge in [-0.3, -0.25) is 14.4 Å². The molecule has 2 saturated heterocycles. The van der Waals surface area contributed by atoms with E-state index >= 15 is 0 Å². The first-order valence-corrected chi connectivity index (χ1v) is 14.0. The summed E-state index contributed by atoms with van der Waals surface area (Å²) in [6.45, 7) is 2.74. The van der Waals surface area contributed by atoms with Gasteiger partial charge >= 0.3 is 0 Å². The molecule has 13 heteroatoms. The van der Waals surface area contributed by atoms with E-state index in [0.29, 0.717) is 25.2 Å². The number of anilines is 1. The van der Waals surface area contributed by atoms with Crippen LogP contribution in [0, 0.1) is 17.6 Å². The molecule has 1 aromatic heterocycles. The molecule has 2 aliphatic rings. The number of hydrogen-bond acceptors (Lipinski definition) is 6. The van der Waals surface area contributed by atoms with Crippen LogP contribution >= 0.6 is 11.6 Å². The van der Waals surface area contributed by atoms with Crippen molar-refractivity contribution in [1.29, 1.82) is 0 Å². The van der Waals surface area contributed by atoms with E-state index in [0.717, 1.165) is 25.9 Å². The summed E-state index contributed by atoms with van der Waals surface area (Å²) < 4.78 is 35.0. The second-order valence-corrected chi connectivity index (χ2v) is 10.8. The predicted molar refractivity (Wildman–Crippen MR) is 153 cm³/mol. The number of nitrogens with zero attached hydrogens (tertiary/aromatic N) is 3. The number of benzene rings is 2. The summed E-state index contributed by atoms with van der Waals surface area (Å²) >= 11 is 6.40. The zero-order valence-corrected chi connectivity index (χ0v) is 23.9. The minimum absolute atomic E-state index is 0.0295. The fourth-order valence-corrected chi connectivity index (χ4v) is 5.66. The highest BCUT2D eigenvalue weighted by molar-refractivity contribution is 6.34. The van der Waals surface area contributed by atoms with Crippen molar-refractivity contribution in [3.8, 4) is 17.0 Å². The van der Waals surface area contributed by atoms with Crippen molar-refractivity contribution < 1.29 is 27.9 Å². The number of imidazole rings is 1. The monoisotopic (exact) mass is 600 g/mol. The number of methoxy groups -OCH3 is 1. The number of ether oxygens (including phenoxy) is 1. The molecule has 1 unspecified atom stereocenters. The fraction of sp³-hybridized carbons (Fsp3) is 0.379.